The zero-order valence-electron chi connectivity index (χ0n) is 18.5. The number of halogens is 2. The van der Waals surface area contributed by atoms with Crippen LogP contribution in [0.1, 0.15) is 30.3 Å². The van der Waals surface area contributed by atoms with Crippen LogP contribution in [0, 0.1) is 11.8 Å². The lowest BCUT2D eigenvalue weighted by atomic mass is 10.0. The monoisotopic (exact) mass is 460 g/mol. The molecule has 0 unspecified atom stereocenters. The number of aromatic amines is 1. The zero-order valence-corrected chi connectivity index (χ0v) is 18.5. The van der Waals surface area contributed by atoms with Crippen molar-refractivity contribution in [2.45, 2.75) is 25.7 Å². The van der Waals surface area contributed by atoms with Gasteiger partial charge in [-0.2, -0.15) is 0 Å². The van der Waals surface area contributed by atoms with Gasteiger partial charge in [0, 0.05) is 56.1 Å². The van der Waals surface area contributed by atoms with E-state index in [1.807, 2.05) is 30.3 Å². The van der Waals surface area contributed by atoms with Crippen LogP contribution in [-0.4, -0.2) is 39.7 Å². The molecule has 0 bridgehead atoms. The molecule has 4 heterocycles. The maximum Gasteiger partial charge on any atom is 0.248 e. The second-order valence-electron chi connectivity index (χ2n) is 9.43. The molecule has 0 spiro atoms. The molecule has 1 aromatic carbocycles. The number of para-hydroxylation sites is 1. The van der Waals surface area contributed by atoms with Gasteiger partial charge in [-0.05, 0) is 30.0 Å². The van der Waals surface area contributed by atoms with Gasteiger partial charge in [-0.1, -0.05) is 18.2 Å². The van der Waals surface area contributed by atoms with Crippen LogP contribution >= 0.6 is 0 Å². The SMILES string of the molecule is CC(=O)c1nccc2[nH]c(-c3cc4ccccc4nc3N3C[C@@H]4CC(F)(F)C[C@@H]4C3)cc(=O)c12. The molecule has 2 atom stereocenters. The number of anilines is 1. The predicted molar refractivity (Wildman–Crippen MR) is 126 cm³/mol. The van der Waals surface area contributed by atoms with E-state index in [9.17, 15) is 18.4 Å². The summed E-state index contributed by atoms with van der Waals surface area (Å²) in [6.45, 7) is 2.40. The van der Waals surface area contributed by atoms with Gasteiger partial charge in [0.25, 0.3) is 0 Å². The number of carbonyl (C=O) groups excluding carboxylic acids is 1. The molecule has 6 rings (SSSR count). The summed E-state index contributed by atoms with van der Waals surface area (Å²) in [5, 5.41) is 1.17. The highest BCUT2D eigenvalue weighted by atomic mass is 19.3. The van der Waals surface area contributed by atoms with Crippen molar-refractivity contribution in [3.63, 3.8) is 0 Å². The van der Waals surface area contributed by atoms with Gasteiger partial charge in [0.15, 0.2) is 11.2 Å². The summed E-state index contributed by atoms with van der Waals surface area (Å²) in [7, 11) is 0. The quantitative estimate of drug-likeness (QED) is 0.444. The summed E-state index contributed by atoms with van der Waals surface area (Å²) in [6.07, 6.45) is 1.32. The average molecular weight is 460 g/mol. The number of pyridine rings is 3. The van der Waals surface area contributed by atoms with Crippen molar-refractivity contribution in [3.05, 3.63) is 64.6 Å². The predicted octanol–water partition coefficient (Wildman–Crippen LogP) is 4.82. The van der Waals surface area contributed by atoms with Crippen LogP contribution in [0.5, 0.6) is 0 Å². The van der Waals surface area contributed by atoms with Crippen molar-refractivity contribution in [2.75, 3.05) is 18.0 Å². The molecular weight excluding hydrogens is 438 g/mol. The first-order chi connectivity index (χ1) is 16.3. The molecule has 2 aliphatic rings. The van der Waals surface area contributed by atoms with E-state index in [0.717, 1.165) is 16.5 Å². The fraction of sp³-hybridized carbons (Fsp3) is 0.308. The molecule has 34 heavy (non-hydrogen) atoms. The van der Waals surface area contributed by atoms with E-state index in [1.165, 1.54) is 19.2 Å². The van der Waals surface area contributed by atoms with Gasteiger partial charge < -0.3 is 9.88 Å². The van der Waals surface area contributed by atoms with Crippen LogP contribution in [0.25, 0.3) is 33.1 Å². The van der Waals surface area contributed by atoms with E-state index in [1.54, 1.807) is 6.07 Å². The number of fused-ring (bicyclic) bond motifs is 3. The van der Waals surface area contributed by atoms with E-state index in [0.29, 0.717) is 30.1 Å². The molecular formula is C26H22F2N4O2. The van der Waals surface area contributed by atoms with Crippen molar-refractivity contribution >= 4 is 33.4 Å². The molecule has 2 fully saturated rings. The van der Waals surface area contributed by atoms with Gasteiger partial charge in [-0.3, -0.25) is 14.6 Å². The van der Waals surface area contributed by atoms with Gasteiger partial charge in [0.2, 0.25) is 5.92 Å². The zero-order chi connectivity index (χ0) is 23.6. The van der Waals surface area contributed by atoms with E-state index < -0.39 is 5.92 Å². The highest BCUT2D eigenvalue weighted by Crippen LogP contribution is 2.48. The minimum Gasteiger partial charge on any atom is -0.355 e. The molecule has 3 aromatic heterocycles. The summed E-state index contributed by atoms with van der Waals surface area (Å²) < 4.78 is 27.9. The number of aromatic nitrogens is 3. The summed E-state index contributed by atoms with van der Waals surface area (Å²) in [5.74, 6) is -2.34. The van der Waals surface area contributed by atoms with Crippen molar-refractivity contribution < 1.29 is 13.6 Å². The first-order valence-corrected chi connectivity index (χ1v) is 11.3. The molecule has 0 amide bonds. The second kappa shape index (κ2) is 7.41. The van der Waals surface area contributed by atoms with Gasteiger partial charge >= 0.3 is 0 Å². The minimum atomic E-state index is -2.59. The Bertz CT molecular complexity index is 1510. The summed E-state index contributed by atoms with van der Waals surface area (Å²) in [5.41, 5.74) is 2.43. The fourth-order valence-electron chi connectivity index (χ4n) is 5.58. The molecule has 6 nitrogen and oxygen atoms in total. The van der Waals surface area contributed by atoms with Crippen LogP contribution in [0.15, 0.2) is 53.5 Å². The first kappa shape index (κ1) is 20.9. The Hall–Kier alpha value is -3.68. The molecule has 1 aliphatic carbocycles. The molecule has 0 radical (unpaired) electrons. The Labute approximate surface area is 193 Å². The lowest BCUT2D eigenvalue weighted by molar-refractivity contribution is 0.00172. The lowest BCUT2D eigenvalue weighted by Gasteiger charge is -2.23. The number of nitrogens with zero attached hydrogens (tertiary/aromatic N) is 3. The van der Waals surface area contributed by atoms with Crippen molar-refractivity contribution in [2.24, 2.45) is 11.8 Å². The average Bonchev–Trinajstić information content (AvgIpc) is 3.31. The maximum atomic E-state index is 13.9. The van der Waals surface area contributed by atoms with Gasteiger partial charge in [-0.15, -0.1) is 0 Å². The van der Waals surface area contributed by atoms with E-state index in [-0.39, 0.29) is 47.0 Å². The third-order valence-corrected chi connectivity index (χ3v) is 7.07. The second-order valence-corrected chi connectivity index (χ2v) is 9.43. The largest absolute Gasteiger partial charge is 0.355 e. The molecule has 8 heteroatoms. The van der Waals surface area contributed by atoms with Gasteiger partial charge in [0.05, 0.1) is 22.1 Å². The number of H-pyrrole nitrogens is 1. The van der Waals surface area contributed by atoms with Gasteiger partial charge in [0.1, 0.15) is 11.5 Å². The number of nitrogens with one attached hydrogen (secondary N) is 1. The molecule has 1 aliphatic heterocycles. The molecule has 4 aromatic rings. The summed E-state index contributed by atoms with van der Waals surface area (Å²) >= 11 is 0. The molecule has 1 saturated heterocycles. The Morgan fingerprint density at radius 1 is 1.12 bits per heavy atom. The van der Waals surface area contributed by atoms with Crippen molar-refractivity contribution in [3.8, 4) is 11.3 Å². The Morgan fingerprint density at radius 3 is 2.59 bits per heavy atom. The maximum absolute atomic E-state index is 13.9. The molecule has 1 saturated carbocycles. The third-order valence-electron chi connectivity index (χ3n) is 7.07. The Morgan fingerprint density at radius 2 is 1.85 bits per heavy atom. The normalized spacial score (nSPS) is 21.3. The number of benzene rings is 1. The van der Waals surface area contributed by atoms with E-state index >= 15 is 0 Å². The van der Waals surface area contributed by atoms with E-state index in [2.05, 4.69) is 14.9 Å². The van der Waals surface area contributed by atoms with Crippen LogP contribution in [0.4, 0.5) is 14.6 Å². The Kier molecular flexibility index (Phi) is 4.56. The standard InChI is InChI=1S/C26H22F2N4O2/c1-14(33)24-23-20(6-7-29-24)30-21(9-22(23)34)18-8-15-4-2-3-5-19(15)31-25(18)32-12-16-10-26(27,28)11-17(16)13-32/h2-9,16-17H,10-13H2,1H3,(H,30,34)/t16-,17+. The lowest BCUT2D eigenvalue weighted by Crippen LogP contribution is -2.25. The molecule has 172 valence electrons. The van der Waals surface area contributed by atoms with E-state index in [4.69, 9.17) is 4.98 Å². The fourth-order valence-corrected chi connectivity index (χ4v) is 5.58. The summed E-state index contributed by atoms with van der Waals surface area (Å²) in [6, 6.07) is 12.8. The van der Waals surface area contributed by atoms with Crippen LogP contribution in [0.2, 0.25) is 0 Å². The van der Waals surface area contributed by atoms with Crippen molar-refractivity contribution in [1.82, 2.24) is 15.0 Å². The topological polar surface area (TPSA) is 79.0 Å². The van der Waals surface area contributed by atoms with Crippen LogP contribution < -0.4 is 10.3 Å². The number of rotatable bonds is 3. The van der Waals surface area contributed by atoms with Crippen LogP contribution in [-0.2, 0) is 0 Å². The Balaban J connectivity index is 1.52. The van der Waals surface area contributed by atoms with Crippen LogP contribution in [0.3, 0.4) is 0 Å². The highest BCUT2D eigenvalue weighted by Gasteiger charge is 2.50. The molecule has 1 N–H and O–H groups in total. The summed E-state index contributed by atoms with van der Waals surface area (Å²) in [4.78, 5) is 39.4. The minimum absolute atomic E-state index is 0.0732. The number of hydrogen-bond acceptors (Lipinski definition) is 5. The number of Topliss-reactive ketones (excluding diaryl/α,β-unsaturated/α-hetero) is 1. The number of ketones is 1. The number of hydrogen-bond donors (Lipinski definition) is 1. The first-order valence-electron chi connectivity index (χ1n) is 11.3. The number of alkyl halides is 2. The third kappa shape index (κ3) is 3.36. The highest BCUT2D eigenvalue weighted by molar-refractivity contribution is 6.04. The smallest absolute Gasteiger partial charge is 0.248 e. The van der Waals surface area contributed by atoms with Crippen molar-refractivity contribution in [1.29, 1.82) is 0 Å². The van der Waals surface area contributed by atoms with Gasteiger partial charge in [-0.25, -0.2) is 13.8 Å². The number of carbonyl (C=O) groups is 1.